The third kappa shape index (κ3) is 2.36. The van der Waals surface area contributed by atoms with Gasteiger partial charge in [-0.3, -0.25) is 0 Å². The first-order chi connectivity index (χ1) is 7.11. The number of ether oxygens (including phenoxy) is 1. The molecule has 0 aromatic carbocycles. The summed E-state index contributed by atoms with van der Waals surface area (Å²) < 4.78 is 7.21. The molecular formula is C10H14N2O2S. The van der Waals surface area contributed by atoms with Crippen molar-refractivity contribution in [2.75, 3.05) is 6.61 Å². The quantitative estimate of drug-likeness (QED) is 0.486. The van der Waals surface area contributed by atoms with Gasteiger partial charge in [0.15, 0.2) is 4.77 Å². The molecule has 1 N–H and O–H groups in total. The van der Waals surface area contributed by atoms with E-state index >= 15 is 0 Å². The highest BCUT2D eigenvalue weighted by Gasteiger charge is 2.15. The highest BCUT2D eigenvalue weighted by Crippen LogP contribution is 2.09. The van der Waals surface area contributed by atoms with Gasteiger partial charge in [0, 0.05) is 12.2 Å². The lowest BCUT2D eigenvalue weighted by molar-refractivity contribution is 0.0519. The van der Waals surface area contributed by atoms with Crippen LogP contribution >= 0.6 is 12.2 Å². The van der Waals surface area contributed by atoms with E-state index in [1.165, 1.54) is 0 Å². The van der Waals surface area contributed by atoms with Crippen LogP contribution in [0.5, 0.6) is 0 Å². The van der Waals surface area contributed by atoms with Gasteiger partial charge in [-0.2, -0.15) is 0 Å². The van der Waals surface area contributed by atoms with Gasteiger partial charge in [-0.15, -0.1) is 6.58 Å². The molecule has 1 rings (SSSR count). The molecule has 1 aromatic heterocycles. The lowest BCUT2D eigenvalue weighted by Gasteiger charge is -2.02. The lowest BCUT2D eigenvalue weighted by atomic mass is 10.3. The van der Waals surface area contributed by atoms with E-state index in [9.17, 15) is 4.79 Å². The second-order valence-corrected chi connectivity index (χ2v) is 3.40. The largest absolute Gasteiger partial charge is 0.461 e. The number of allylic oxidation sites excluding steroid dienone is 1. The van der Waals surface area contributed by atoms with Crippen molar-refractivity contribution in [2.45, 2.75) is 20.4 Å². The topological polar surface area (TPSA) is 47.0 Å². The first-order valence-electron chi connectivity index (χ1n) is 4.69. The van der Waals surface area contributed by atoms with Crippen LogP contribution in [0.2, 0.25) is 0 Å². The number of aromatic nitrogens is 2. The van der Waals surface area contributed by atoms with Crippen LogP contribution in [0.4, 0.5) is 0 Å². The van der Waals surface area contributed by atoms with Crippen molar-refractivity contribution >= 4 is 18.2 Å². The van der Waals surface area contributed by atoms with E-state index in [1.54, 1.807) is 17.6 Å². The minimum absolute atomic E-state index is 0.353. The van der Waals surface area contributed by atoms with Crippen molar-refractivity contribution in [1.29, 1.82) is 0 Å². The number of carbonyl (C=O) groups excluding carboxylic acids is 1. The number of H-pyrrole nitrogens is 1. The maximum atomic E-state index is 11.5. The third-order valence-corrected chi connectivity index (χ3v) is 2.36. The average Bonchev–Trinajstić information content (AvgIpc) is 2.47. The van der Waals surface area contributed by atoms with Crippen LogP contribution in [-0.2, 0) is 11.3 Å². The molecule has 0 spiro atoms. The smallest absolute Gasteiger partial charge is 0.356 e. The van der Waals surface area contributed by atoms with Crippen LogP contribution in [0, 0.1) is 11.7 Å². The monoisotopic (exact) mass is 226 g/mol. The lowest BCUT2D eigenvalue weighted by Crippen LogP contribution is -2.08. The molecule has 0 radical (unpaired) electrons. The number of rotatable bonds is 4. The summed E-state index contributed by atoms with van der Waals surface area (Å²) in [5.41, 5.74) is 1.20. The number of nitrogens with one attached hydrogen (secondary N) is 1. The van der Waals surface area contributed by atoms with Crippen LogP contribution < -0.4 is 0 Å². The molecular weight excluding hydrogens is 212 g/mol. The molecule has 1 heterocycles. The van der Waals surface area contributed by atoms with Crippen LogP contribution in [0.3, 0.4) is 0 Å². The van der Waals surface area contributed by atoms with Gasteiger partial charge in [-0.05, 0) is 26.1 Å². The molecule has 4 nitrogen and oxygen atoms in total. The Kier molecular flexibility index (Phi) is 3.85. The maximum absolute atomic E-state index is 11.5. The summed E-state index contributed by atoms with van der Waals surface area (Å²) >= 11 is 5.08. The summed E-state index contributed by atoms with van der Waals surface area (Å²) in [6.07, 6.45) is 1.73. The van der Waals surface area contributed by atoms with Crippen LogP contribution in [0.15, 0.2) is 12.7 Å². The number of aromatic amines is 1. The number of carbonyl (C=O) groups is 1. The van der Waals surface area contributed by atoms with Gasteiger partial charge in [0.1, 0.15) is 5.69 Å². The zero-order chi connectivity index (χ0) is 11.4. The minimum Gasteiger partial charge on any atom is -0.461 e. The van der Waals surface area contributed by atoms with E-state index in [2.05, 4.69) is 11.6 Å². The molecule has 0 aliphatic heterocycles. The Morgan fingerprint density at radius 1 is 1.73 bits per heavy atom. The zero-order valence-electron chi connectivity index (χ0n) is 8.87. The first-order valence-corrected chi connectivity index (χ1v) is 5.10. The van der Waals surface area contributed by atoms with Crippen molar-refractivity contribution < 1.29 is 9.53 Å². The Balaban J connectivity index is 3.11. The Morgan fingerprint density at radius 2 is 2.40 bits per heavy atom. The predicted octanol–water partition coefficient (Wildman–Crippen LogP) is 2.22. The molecule has 0 saturated carbocycles. The van der Waals surface area contributed by atoms with Gasteiger partial charge in [0.25, 0.3) is 0 Å². The normalized spacial score (nSPS) is 10.0. The molecule has 82 valence electrons. The summed E-state index contributed by atoms with van der Waals surface area (Å²) in [6, 6.07) is 0. The number of nitrogens with zero attached hydrogens (tertiary/aromatic N) is 1. The van der Waals surface area contributed by atoms with E-state index in [0.29, 0.717) is 23.6 Å². The zero-order valence-corrected chi connectivity index (χ0v) is 9.69. The van der Waals surface area contributed by atoms with Gasteiger partial charge in [-0.25, -0.2) is 4.79 Å². The van der Waals surface area contributed by atoms with Gasteiger partial charge in [-0.1, -0.05) is 6.08 Å². The van der Waals surface area contributed by atoms with Crippen molar-refractivity contribution in [3.8, 4) is 0 Å². The molecule has 0 saturated heterocycles. The van der Waals surface area contributed by atoms with E-state index in [0.717, 1.165) is 5.69 Å². The highest BCUT2D eigenvalue weighted by molar-refractivity contribution is 7.71. The summed E-state index contributed by atoms with van der Waals surface area (Å²) in [7, 11) is 0. The minimum atomic E-state index is -0.371. The van der Waals surface area contributed by atoms with Crippen molar-refractivity contribution in [3.63, 3.8) is 0 Å². The maximum Gasteiger partial charge on any atom is 0.356 e. The standard InChI is InChI=1S/C10H14N2O2S/c1-4-6-12-7(3)8(11-10(12)15)9(13)14-5-2/h4H,1,5-6H2,2-3H3,(H,11,15). The Morgan fingerprint density at radius 3 is 2.93 bits per heavy atom. The summed E-state index contributed by atoms with van der Waals surface area (Å²) in [4.78, 5) is 14.3. The molecule has 0 amide bonds. The third-order valence-electron chi connectivity index (χ3n) is 2.03. The van der Waals surface area contributed by atoms with Crippen LogP contribution in [0.1, 0.15) is 23.1 Å². The van der Waals surface area contributed by atoms with Crippen molar-refractivity contribution in [1.82, 2.24) is 9.55 Å². The summed E-state index contributed by atoms with van der Waals surface area (Å²) in [6.45, 7) is 8.16. The number of hydrogen-bond donors (Lipinski definition) is 1. The molecule has 15 heavy (non-hydrogen) atoms. The Bertz CT molecular complexity index is 431. The average molecular weight is 226 g/mol. The van der Waals surface area contributed by atoms with Crippen LogP contribution in [0.25, 0.3) is 0 Å². The highest BCUT2D eigenvalue weighted by atomic mass is 32.1. The van der Waals surface area contributed by atoms with Crippen molar-refractivity contribution in [3.05, 3.63) is 28.8 Å². The Labute approximate surface area is 93.6 Å². The molecule has 0 atom stereocenters. The molecule has 1 aromatic rings. The molecule has 0 aliphatic carbocycles. The molecule has 0 bridgehead atoms. The molecule has 0 fully saturated rings. The molecule has 5 heteroatoms. The van der Waals surface area contributed by atoms with E-state index in [-0.39, 0.29) is 5.97 Å². The fourth-order valence-corrected chi connectivity index (χ4v) is 1.62. The predicted molar refractivity (Wildman–Crippen MR) is 60.5 cm³/mol. The van der Waals surface area contributed by atoms with Gasteiger partial charge in [0.2, 0.25) is 0 Å². The second-order valence-electron chi connectivity index (χ2n) is 3.01. The number of esters is 1. The van der Waals surface area contributed by atoms with E-state index in [1.807, 2.05) is 6.92 Å². The second kappa shape index (κ2) is 4.93. The van der Waals surface area contributed by atoms with Crippen LogP contribution in [-0.4, -0.2) is 22.1 Å². The van der Waals surface area contributed by atoms with Gasteiger partial charge >= 0.3 is 5.97 Å². The van der Waals surface area contributed by atoms with Gasteiger partial charge in [0.05, 0.1) is 6.61 Å². The SMILES string of the molecule is C=CCn1c(C)c(C(=O)OCC)[nH]c1=S. The number of imidazole rings is 1. The summed E-state index contributed by atoms with van der Waals surface area (Å²) in [5.74, 6) is -0.371. The Hall–Kier alpha value is -1.36. The fraction of sp³-hybridized carbons (Fsp3) is 0.400. The van der Waals surface area contributed by atoms with E-state index in [4.69, 9.17) is 17.0 Å². The fourth-order valence-electron chi connectivity index (χ4n) is 1.30. The van der Waals surface area contributed by atoms with Gasteiger partial charge < -0.3 is 14.3 Å². The number of hydrogen-bond acceptors (Lipinski definition) is 3. The first kappa shape index (κ1) is 11.7. The molecule has 0 unspecified atom stereocenters. The van der Waals surface area contributed by atoms with E-state index < -0.39 is 0 Å². The van der Waals surface area contributed by atoms with Crippen molar-refractivity contribution in [2.24, 2.45) is 0 Å². The molecule has 0 aliphatic rings. The summed E-state index contributed by atoms with van der Waals surface area (Å²) in [5, 5.41) is 0.